The van der Waals surface area contributed by atoms with E-state index in [0.29, 0.717) is 0 Å². The molecule has 9 heterocycles. The summed E-state index contributed by atoms with van der Waals surface area (Å²) in [5, 5.41) is 46.0. The minimum atomic E-state index is -6.21. The van der Waals surface area contributed by atoms with Crippen molar-refractivity contribution in [2.24, 2.45) is 7.05 Å². The lowest BCUT2D eigenvalue weighted by atomic mass is 10.1. The number of ether oxygens (including phenoxy) is 4. The lowest BCUT2D eigenvalue weighted by Crippen LogP contribution is -2.46. The summed E-state index contributed by atoms with van der Waals surface area (Å²) in [6, 6.07) is 0. The van der Waals surface area contributed by atoms with Crippen LogP contribution in [0.15, 0.2) is 34.9 Å². The lowest BCUT2D eigenvalue weighted by molar-refractivity contribution is -0.745. The summed E-state index contributed by atoms with van der Waals surface area (Å²) in [5.41, 5.74) is 9.66. The zero-order valence-electron chi connectivity index (χ0n) is 38.8. The van der Waals surface area contributed by atoms with E-state index in [0.717, 1.165) is 28.9 Å². The summed E-state index contributed by atoms with van der Waals surface area (Å²) in [6.45, 7) is -3.47. The topological polar surface area (TPSA) is 551 Å². The van der Waals surface area contributed by atoms with Crippen molar-refractivity contribution in [2.75, 3.05) is 50.8 Å². The number of aryl methyl sites for hydroxylation is 1. The van der Waals surface area contributed by atoms with E-state index in [9.17, 15) is 67.8 Å². The number of aliphatic hydroxyl groups is 4. The first-order valence-electron chi connectivity index (χ1n) is 21.6. The molecule has 43 heteroatoms. The van der Waals surface area contributed by atoms with E-state index < -0.39 is 136 Å². The molecule has 0 saturated carbocycles. The van der Waals surface area contributed by atoms with Gasteiger partial charge in [0.15, 0.2) is 41.4 Å². The molecule has 416 valence electrons. The number of imidazole rings is 3. The molecule has 0 amide bonds. The molecule has 39 nitrogen and oxygen atoms in total. The molecule has 14 N–H and O–H groups in total. The maximum absolute atomic E-state index is 13.6. The van der Waals surface area contributed by atoms with Crippen molar-refractivity contribution in [2.45, 2.75) is 73.6 Å². The summed E-state index contributed by atoms with van der Waals surface area (Å²) >= 11 is 0. The molecule has 0 aromatic carbocycles. The van der Waals surface area contributed by atoms with Gasteiger partial charge in [-0.3, -0.25) is 46.9 Å². The van der Waals surface area contributed by atoms with E-state index in [2.05, 4.69) is 53.8 Å². The zero-order valence-corrected chi connectivity index (χ0v) is 42.4. The van der Waals surface area contributed by atoms with Crippen LogP contribution in [0.5, 0.6) is 0 Å². The van der Waals surface area contributed by atoms with Crippen molar-refractivity contribution in [3.8, 4) is 0 Å². The summed E-state index contributed by atoms with van der Waals surface area (Å²) in [5.74, 6) is -0.393. The third-order valence-corrected chi connectivity index (χ3v) is 17.0. The Morgan fingerprint density at radius 2 is 1.32 bits per heavy atom. The molecule has 6 aromatic heterocycles. The molecule has 3 aliphatic heterocycles. The number of aromatic amines is 2. The molecule has 0 bridgehead atoms. The second kappa shape index (κ2) is 20.9. The van der Waals surface area contributed by atoms with Crippen LogP contribution in [0.4, 0.5) is 17.7 Å². The monoisotopic (exact) mass is 1160 g/mol. The average molecular weight is 1160 g/mol. The third kappa shape index (κ3) is 11.0. The number of nitrogens with one attached hydrogen (secondary N) is 3. The van der Waals surface area contributed by atoms with Crippen LogP contribution in [-0.4, -0.2) is 178 Å². The average Bonchev–Trinajstić information content (AvgIpc) is 4.19. The Kier molecular flexibility index (Phi) is 15.3. The minimum absolute atomic E-state index is 0.0244. The van der Waals surface area contributed by atoms with Crippen LogP contribution in [0.1, 0.15) is 18.7 Å². The number of rotatable bonds is 20. The molecule has 76 heavy (non-hydrogen) atoms. The van der Waals surface area contributed by atoms with Crippen LogP contribution >= 0.6 is 31.3 Å². The highest BCUT2D eigenvalue weighted by Crippen LogP contribution is 2.68. The number of H-pyrrole nitrogens is 2. The number of methoxy groups -OCH3 is 1. The summed E-state index contributed by atoms with van der Waals surface area (Å²) < 4.78 is 109. The molecule has 9 rings (SSSR count). The lowest BCUT2D eigenvalue weighted by Gasteiger charge is -2.31. The van der Waals surface area contributed by atoms with E-state index in [1.54, 1.807) is 0 Å². The predicted molar refractivity (Wildman–Crippen MR) is 242 cm³/mol. The van der Waals surface area contributed by atoms with Crippen LogP contribution < -0.4 is 37.4 Å². The summed E-state index contributed by atoms with van der Waals surface area (Å²) in [7, 11) is -19.7. The van der Waals surface area contributed by atoms with E-state index in [1.807, 2.05) is 0 Å². The van der Waals surface area contributed by atoms with Gasteiger partial charge in [0.25, 0.3) is 24.9 Å². The fourth-order valence-electron chi connectivity index (χ4n) is 8.45. The highest BCUT2D eigenvalue weighted by Gasteiger charge is 2.53. The molecule has 3 aliphatic rings. The molecule has 3 saturated heterocycles. The minimum Gasteiger partial charge on any atom is -0.756 e. The summed E-state index contributed by atoms with van der Waals surface area (Å²) in [6.07, 6.45) is -15.9. The van der Waals surface area contributed by atoms with Crippen molar-refractivity contribution in [3.63, 3.8) is 0 Å². The number of phosphoric ester groups is 3. The van der Waals surface area contributed by atoms with Gasteiger partial charge in [-0.1, -0.05) is 4.98 Å². The first-order valence-corrected chi connectivity index (χ1v) is 27.5. The Labute approximate surface area is 421 Å². The van der Waals surface area contributed by atoms with Gasteiger partial charge >= 0.3 is 29.1 Å². The zero-order chi connectivity index (χ0) is 55.0. The van der Waals surface area contributed by atoms with Gasteiger partial charge < -0.3 is 84.8 Å². The standard InChI is InChI=1S/C33H45N15O24P4/c1-36-23-14-24(38-7-37-23)46(8-39-14)31-22(63-3)21(70-73(55,56)64-4-11-17(49)19(51)29(67-11)47-9-40-15-25(47)41-32(34)43-27(15)53)13(69-31)6-66-75(59,60)72-76(61,62)71-74(57,58)65-5-12-18(50)20(52)30(68-12)48-10-45(2)16-26(48)42-33(35)44-28(16)54/h7-13,17-22,29-31,49-52H,4-6H2,1-3H3,(H10-,34,35,36,37,38,41,42,43,44,53,54,55,56,57,58,59,60,61,62)/t11-,12-,13-,17?,18+,19+,20?,21?,22+,29-,30-,31-/m1/s1. The fraction of sp³-hybridized carbons (Fsp3) is 0.545. The SMILES string of the molecule is CNc1ncnc2c1ncn2[C@@H]1O[C@H](COP(=O)(O)OP(=O)(O)OP(=O)(O)OC[C@H]2O[C@@H]([n+]3cn(C)c4c(=O)[nH]c(N)nc43)C(O)[C@H]2O)C(OP(=O)([O-])OC[C@H]2O[C@@H](n3cnc4c(=O)[nH]c(N)nc43)[C@@H](O)C2O)[C@@H]1OC. The number of aromatic nitrogens is 12. The molecule has 6 aromatic rings. The van der Waals surface area contributed by atoms with Crippen molar-refractivity contribution >= 4 is 82.5 Å². The summed E-state index contributed by atoms with van der Waals surface area (Å²) in [4.78, 5) is 98.6. The van der Waals surface area contributed by atoms with Crippen molar-refractivity contribution in [1.29, 1.82) is 0 Å². The van der Waals surface area contributed by atoms with Crippen LogP contribution in [0.2, 0.25) is 0 Å². The maximum Gasteiger partial charge on any atom is 0.490 e. The third-order valence-electron chi connectivity index (χ3n) is 11.8. The van der Waals surface area contributed by atoms with Crippen LogP contribution in [0, 0.1) is 0 Å². The Bertz CT molecular complexity index is 3490. The van der Waals surface area contributed by atoms with Crippen LogP contribution in [-0.2, 0) is 71.0 Å². The Balaban J connectivity index is 0.868. The number of anilines is 3. The quantitative estimate of drug-likeness (QED) is 0.0252. The van der Waals surface area contributed by atoms with Crippen LogP contribution in [0.25, 0.3) is 33.5 Å². The molecule has 0 spiro atoms. The largest absolute Gasteiger partial charge is 0.756 e. The highest BCUT2D eigenvalue weighted by molar-refractivity contribution is 7.66. The van der Waals surface area contributed by atoms with Crippen molar-refractivity contribution in [3.05, 3.63) is 46.0 Å². The molecule has 0 radical (unpaired) electrons. The second-order valence-electron chi connectivity index (χ2n) is 16.7. The number of nitrogen functional groups attached to an aromatic ring is 2. The van der Waals surface area contributed by atoms with Gasteiger partial charge in [0.1, 0.15) is 66.8 Å². The number of aliphatic hydroxyl groups excluding tert-OH is 4. The van der Waals surface area contributed by atoms with Crippen molar-refractivity contribution < 1.29 is 108 Å². The molecular formula is C33H45N15O24P4. The number of nitrogens with two attached hydrogens (primary N) is 2. The number of hydrogen-bond donors (Lipinski definition) is 12. The molecule has 7 unspecified atom stereocenters. The fourth-order valence-corrected chi connectivity index (χ4v) is 12.9. The maximum atomic E-state index is 13.6. The van der Waals surface area contributed by atoms with E-state index in [1.165, 1.54) is 35.9 Å². The van der Waals surface area contributed by atoms with Crippen LogP contribution in [0.3, 0.4) is 0 Å². The number of hydrogen-bond acceptors (Lipinski definition) is 30. The smallest absolute Gasteiger partial charge is 0.490 e. The number of fused-ring (bicyclic) bond motifs is 3. The number of nitrogens with zero attached hydrogens (tertiary/aromatic N) is 10. The first kappa shape index (κ1) is 55.6. The molecule has 16 atom stereocenters. The highest BCUT2D eigenvalue weighted by atomic mass is 31.3. The predicted octanol–water partition coefficient (Wildman–Crippen LogP) is -4.88. The van der Waals surface area contributed by atoms with Gasteiger partial charge in [-0.15, -0.1) is 0 Å². The van der Waals surface area contributed by atoms with Gasteiger partial charge in [-0.05, 0) is 0 Å². The molecule has 3 fully saturated rings. The Morgan fingerprint density at radius 3 is 1.99 bits per heavy atom. The Hall–Kier alpha value is -5.15. The molecule has 0 aliphatic carbocycles. The van der Waals surface area contributed by atoms with Gasteiger partial charge in [-0.25, -0.2) is 38.2 Å². The van der Waals surface area contributed by atoms with Gasteiger partial charge in [0.2, 0.25) is 17.7 Å². The van der Waals surface area contributed by atoms with Crippen molar-refractivity contribution in [1.82, 2.24) is 53.6 Å². The van der Waals surface area contributed by atoms with E-state index in [-0.39, 0.29) is 51.2 Å². The molecular weight excluding hydrogens is 1110 g/mol. The normalized spacial score (nSPS) is 30.2. The van der Waals surface area contributed by atoms with Gasteiger partial charge in [0.05, 0.1) is 39.5 Å². The van der Waals surface area contributed by atoms with E-state index >= 15 is 0 Å². The van der Waals surface area contributed by atoms with Gasteiger partial charge in [0, 0.05) is 14.2 Å². The van der Waals surface area contributed by atoms with Gasteiger partial charge in [-0.2, -0.15) is 13.6 Å². The first-order chi connectivity index (χ1) is 35.7. The Morgan fingerprint density at radius 1 is 0.737 bits per heavy atom. The van der Waals surface area contributed by atoms with E-state index in [4.69, 9.17) is 48.5 Å². The second-order valence-corrected chi connectivity index (χ2v) is 22.7. The number of phosphoric acid groups is 4.